The first-order chi connectivity index (χ1) is 13.7. The maximum atomic E-state index is 13.8. The summed E-state index contributed by atoms with van der Waals surface area (Å²) in [4.78, 5) is 17.0. The molecule has 0 saturated heterocycles. The minimum absolute atomic E-state index is 0.0960. The Balaban J connectivity index is 1.91. The number of hydrogen-bond donors (Lipinski definition) is 2. The first kappa shape index (κ1) is 21.1. The van der Waals surface area contributed by atoms with E-state index in [-0.39, 0.29) is 21.4 Å². The van der Waals surface area contributed by atoms with Gasteiger partial charge >= 0.3 is 0 Å². The molecule has 2 aromatic carbocycles. The van der Waals surface area contributed by atoms with Crippen LogP contribution < -0.4 is 11.1 Å². The third-order valence-electron chi connectivity index (χ3n) is 4.86. The minimum atomic E-state index is -0.636. The number of rotatable bonds is 4. The number of pyridine rings is 1. The van der Waals surface area contributed by atoms with Crippen molar-refractivity contribution in [3.05, 3.63) is 80.7 Å². The molecule has 7 heteroatoms. The summed E-state index contributed by atoms with van der Waals surface area (Å²) in [6.07, 6.45) is 1.62. The Morgan fingerprint density at radius 2 is 1.83 bits per heavy atom. The van der Waals surface area contributed by atoms with Crippen LogP contribution in [-0.2, 0) is 0 Å². The van der Waals surface area contributed by atoms with Gasteiger partial charge in [-0.2, -0.15) is 0 Å². The lowest BCUT2D eigenvalue weighted by atomic mass is 10.00. The second-order valence-electron chi connectivity index (χ2n) is 6.91. The number of benzene rings is 2. The van der Waals surface area contributed by atoms with Gasteiger partial charge in [0, 0.05) is 22.3 Å². The molecule has 1 unspecified atom stereocenters. The van der Waals surface area contributed by atoms with Crippen molar-refractivity contribution >= 4 is 34.9 Å². The number of nitrogens with two attached hydrogens (primary N) is 1. The van der Waals surface area contributed by atoms with Crippen LogP contribution >= 0.6 is 23.2 Å². The Kier molecular flexibility index (Phi) is 6.10. The molecule has 0 aliphatic carbocycles. The van der Waals surface area contributed by atoms with Gasteiger partial charge in [0.15, 0.2) is 0 Å². The molecule has 0 saturated carbocycles. The van der Waals surface area contributed by atoms with Gasteiger partial charge in [-0.1, -0.05) is 41.4 Å². The maximum absolute atomic E-state index is 13.8. The zero-order valence-electron chi connectivity index (χ0n) is 16.2. The van der Waals surface area contributed by atoms with Crippen LogP contribution in [0.4, 0.5) is 10.2 Å². The number of aryl methyl sites for hydroxylation is 2. The topological polar surface area (TPSA) is 68.0 Å². The first-order valence-electron chi connectivity index (χ1n) is 8.96. The molecule has 150 valence electrons. The van der Waals surface area contributed by atoms with Crippen LogP contribution in [0, 0.1) is 19.7 Å². The molecular weight excluding hydrogens is 412 g/mol. The Morgan fingerprint density at radius 1 is 1.10 bits per heavy atom. The summed E-state index contributed by atoms with van der Waals surface area (Å²) in [7, 11) is 0. The lowest BCUT2D eigenvalue weighted by Gasteiger charge is -2.18. The number of amides is 1. The van der Waals surface area contributed by atoms with Gasteiger partial charge in [0.2, 0.25) is 0 Å². The summed E-state index contributed by atoms with van der Waals surface area (Å²) in [5, 5.41) is 2.91. The normalized spacial score (nSPS) is 11.9. The standard InChI is InChI=1S/C22H20Cl2FN3O/c1-11-4-5-14(8-12(11)2)15-9-16(21(26)27-10-15)22(29)28-13(3)19-17(23)6-7-18(25)20(19)24/h4-10,13H,1-3H3,(H2,26,27)(H,28,29). The Bertz CT molecular complexity index is 1100. The van der Waals surface area contributed by atoms with Crippen molar-refractivity contribution in [2.75, 3.05) is 5.73 Å². The Labute approximate surface area is 178 Å². The number of nitrogens with one attached hydrogen (secondary N) is 1. The van der Waals surface area contributed by atoms with Gasteiger partial charge in [-0.3, -0.25) is 4.79 Å². The Morgan fingerprint density at radius 3 is 2.52 bits per heavy atom. The SMILES string of the molecule is Cc1ccc(-c2cnc(N)c(C(=O)NC(C)c3c(Cl)ccc(F)c3Cl)c2)cc1C. The molecule has 0 bridgehead atoms. The molecule has 29 heavy (non-hydrogen) atoms. The lowest BCUT2D eigenvalue weighted by Crippen LogP contribution is -2.28. The van der Waals surface area contributed by atoms with Crippen LogP contribution in [0.1, 0.15) is 40.0 Å². The van der Waals surface area contributed by atoms with E-state index in [1.54, 1.807) is 19.2 Å². The monoisotopic (exact) mass is 431 g/mol. The van der Waals surface area contributed by atoms with E-state index in [1.807, 2.05) is 32.0 Å². The van der Waals surface area contributed by atoms with E-state index in [0.29, 0.717) is 5.56 Å². The van der Waals surface area contributed by atoms with E-state index in [0.717, 1.165) is 16.7 Å². The predicted molar refractivity (Wildman–Crippen MR) is 116 cm³/mol. The largest absolute Gasteiger partial charge is 0.383 e. The lowest BCUT2D eigenvalue weighted by molar-refractivity contribution is 0.0940. The molecule has 1 heterocycles. The van der Waals surface area contributed by atoms with Crippen LogP contribution in [0.5, 0.6) is 0 Å². The summed E-state index contributed by atoms with van der Waals surface area (Å²) >= 11 is 12.2. The highest BCUT2D eigenvalue weighted by atomic mass is 35.5. The second-order valence-corrected chi connectivity index (χ2v) is 7.69. The first-order valence-corrected chi connectivity index (χ1v) is 9.72. The molecule has 4 nitrogen and oxygen atoms in total. The number of anilines is 1. The summed E-state index contributed by atoms with van der Waals surface area (Å²) in [6, 6.07) is 9.63. The summed E-state index contributed by atoms with van der Waals surface area (Å²) in [5.41, 5.74) is 10.5. The second kappa shape index (κ2) is 8.39. The highest BCUT2D eigenvalue weighted by molar-refractivity contribution is 6.36. The summed E-state index contributed by atoms with van der Waals surface area (Å²) in [6.45, 7) is 5.72. The third-order valence-corrected chi connectivity index (χ3v) is 5.58. The van der Waals surface area contributed by atoms with Crippen LogP contribution in [0.3, 0.4) is 0 Å². The van der Waals surface area contributed by atoms with Crippen molar-refractivity contribution in [2.45, 2.75) is 26.8 Å². The highest BCUT2D eigenvalue weighted by Crippen LogP contribution is 2.33. The van der Waals surface area contributed by atoms with Crippen molar-refractivity contribution in [2.24, 2.45) is 0 Å². The average molecular weight is 432 g/mol. The molecule has 0 radical (unpaired) electrons. The Hall–Kier alpha value is -2.63. The number of carbonyl (C=O) groups excluding carboxylic acids is 1. The summed E-state index contributed by atoms with van der Waals surface area (Å²) in [5.74, 6) is -0.964. The van der Waals surface area contributed by atoms with Gasteiger partial charge in [-0.15, -0.1) is 0 Å². The van der Waals surface area contributed by atoms with E-state index < -0.39 is 17.8 Å². The van der Waals surface area contributed by atoms with Crippen LogP contribution in [0.15, 0.2) is 42.6 Å². The molecule has 1 amide bonds. The fraction of sp³-hybridized carbons (Fsp3) is 0.182. The number of nitrogens with zero attached hydrogens (tertiary/aromatic N) is 1. The van der Waals surface area contributed by atoms with Crippen LogP contribution in [-0.4, -0.2) is 10.9 Å². The zero-order valence-corrected chi connectivity index (χ0v) is 17.7. The third kappa shape index (κ3) is 4.36. The number of halogens is 3. The van der Waals surface area contributed by atoms with Crippen molar-refractivity contribution in [1.29, 1.82) is 0 Å². The van der Waals surface area contributed by atoms with Crippen molar-refractivity contribution in [3.63, 3.8) is 0 Å². The molecule has 1 atom stereocenters. The van der Waals surface area contributed by atoms with Crippen LogP contribution in [0.2, 0.25) is 10.0 Å². The maximum Gasteiger partial charge on any atom is 0.255 e. The van der Waals surface area contributed by atoms with E-state index >= 15 is 0 Å². The van der Waals surface area contributed by atoms with E-state index in [9.17, 15) is 9.18 Å². The smallest absolute Gasteiger partial charge is 0.255 e. The summed E-state index contributed by atoms with van der Waals surface area (Å²) < 4.78 is 13.8. The molecule has 3 aromatic rings. The van der Waals surface area contributed by atoms with Gasteiger partial charge in [0.05, 0.1) is 16.6 Å². The molecule has 0 aliphatic heterocycles. The minimum Gasteiger partial charge on any atom is -0.383 e. The van der Waals surface area contributed by atoms with E-state index in [1.165, 1.54) is 17.7 Å². The molecule has 0 aliphatic rings. The van der Waals surface area contributed by atoms with Gasteiger partial charge < -0.3 is 11.1 Å². The molecule has 0 spiro atoms. The number of carbonyl (C=O) groups is 1. The molecule has 1 aromatic heterocycles. The van der Waals surface area contributed by atoms with Gasteiger partial charge in [0.25, 0.3) is 5.91 Å². The van der Waals surface area contributed by atoms with Crippen molar-refractivity contribution < 1.29 is 9.18 Å². The fourth-order valence-corrected chi connectivity index (χ4v) is 3.72. The predicted octanol–water partition coefficient (Wildman–Crippen LogP) is 5.88. The highest BCUT2D eigenvalue weighted by Gasteiger charge is 2.21. The fourth-order valence-electron chi connectivity index (χ4n) is 3.02. The molecule has 0 fully saturated rings. The number of aromatic nitrogens is 1. The zero-order chi connectivity index (χ0) is 21.3. The quantitative estimate of drug-likeness (QED) is 0.506. The van der Waals surface area contributed by atoms with E-state index in [4.69, 9.17) is 28.9 Å². The number of hydrogen-bond acceptors (Lipinski definition) is 3. The van der Waals surface area contributed by atoms with Gasteiger partial charge in [0.1, 0.15) is 11.6 Å². The number of nitrogen functional groups attached to an aromatic ring is 1. The van der Waals surface area contributed by atoms with Gasteiger partial charge in [-0.05, 0) is 55.7 Å². The molecule has 3 rings (SSSR count). The van der Waals surface area contributed by atoms with Crippen molar-refractivity contribution in [1.82, 2.24) is 10.3 Å². The van der Waals surface area contributed by atoms with E-state index in [2.05, 4.69) is 10.3 Å². The van der Waals surface area contributed by atoms with Gasteiger partial charge in [-0.25, -0.2) is 9.37 Å². The molecule has 3 N–H and O–H groups in total. The van der Waals surface area contributed by atoms with Crippen LogP contribution in [0.25, 0.3) is 11.1 Å². The molecular formula is C22H20Cl2FN3O. The van der Waals surface area contributed by atoms with Crippen molar-refractivity contribution in [3.8, 4) is 11.1 Å². The average Bonchev–Trinajstić information content (AvgIpc) is 2.67.